The molecule has 0 saturated carbocycles. The molecule has 0 amide bonds. The number of esters is 2. The van der Waals surface area contributed by atoms with E-state index in [2.05, 4.69) is 4.72 Å². The second-order valence-corrected chi connectivity index (χ2v) is 8.81. The second kappa shape index (κ2) is 9.09. The molecular formula is C21H25NO6S. The summed E-state index contributed by atoms with van der Waals surface area (Å²) in [6, 6.07) is 10.3. The van der Waals surface area contributed by atoms with E-state index in [0.717, 1.165) is 5.56 Å². The Kier molecular flexibility index (Phi) is 7.02. The van der Waals surface area contributed by atoms with Gasteiger partial charge in [-0.3, -0.25) is 4.72 Å². The van der Waals surface area contributed by atoms with Crippen molar-refractivity contribution in [2.45, 2.75) is 51.7 Å². The van der Waals surface area contributed by atoms with Gasteiger partial charge in [0.05, 0.1) is 33.9 Å². The first kappa shape index (κ1) is 22.4. The van der Waals surface area contributed by atoms with Crippen molar-refractivity contribution in [1.82, 2.24) is 0 Å². The maximum Gasteiger partial charge on any atom is 0.338 e. The van der Waals surface area contributed by atoms with Crippen LogP contribution in [0.2, 0.25) is 0 Å². The summed E-state index contributed by atoms with van der Waals surface area (Å²) in [7, 11) is -3.92. The molecule has 0 bridgehead atoms. The normalized spacial score (nSPS) is 11.4. The molecule has 2 rings (SSSR count). The van der Waals surface area contributed by atoms with Gasteiger partial charge in [0.1, 0.15) is 0 Å². The largest absolute Gasteiger partial charge is 0.459 e. The van der Waals surface area contributed by atoms with Gasteiger partial charge in [-0.25, -0.2) is 18.0 Å². The minimum absolute atomic E-state index is 0.0403. The van der Waals surface area contributed by atoms with Crippen LogP contribution in [0.5, 0.6) is 0 Å². The molecule has 0 unspecified atom stereocenters. The number of carbonyl (C=O) groups excluding carboxylic acids is 2. The zero-order valence-electron chi connectivity index (χ0n) is 17.1. The Bertz CT molecular complexity index is 954. The highest BCUT2D eigenvalue weighted by atomic mass is 32.2. The average Bonchev–Trinajstić information content (AvgIpc) is 2.60. The molecule has 0 fully saturated rings. The topological polar surface area (TPSA) is 98.8 Å². The van der Waals surface area contributed by atoms with Crippen LogP contribution in [-0.4, -0.2) is 32.6 Å². The first-order valence-electron chi connectivity index (χ1n) is 9.14. The summed E-state index contributed by atoms with van der Waals surface area (Å²) in [5, 5.41) is 0. The Morgan fingerprint density at radius 3 is 1.69 bits per heavy atom. The fraction of sp³-hybridized carbons (Fsp3) is 0.333. The molecule has 2 aromatic carbocycles. The maximum absolute atomic E-state index is 12.7. The number of carbonyl (C=O) groups is 2. The van der Waals surface area contributed by atoms with Crippen molar-refractivity contribution in [2.75, 3.05) is 4.72 Å². The number of hydrogen-bond acceptors (Lipinski definition) is 6. The van der Waals surface area contributed by atoms with Crippen molar-refractivity contribution in [3.8, 4) is 0 Å². The number of sulfonamides is 1. The van der Waals surface area contributed by atoms with Gasteiger partial charge in [-0.2, -0.15) is 0 Å². The van der Waals surface area contributed by atoms with Crippen LogP contribution in [0.1, 0.15) is 54.0 Å². The number of benzene rings is 2. The zero-order chi connectivity index (χ0) is 21.8. The average molecular weight is 419 g/mol. The smallest absolute Gasteiger partial charge is 0.338 e. The second-order valence-electron chi connectivity index (χ2n) is 7.13. The van der Waals surface area contributed by atoms with Crippen LogP contribution >= 0.6 is 0 Å². The lowest BCUT2D eigenvalue weighted by atomic mass is 10.1. The van der Waals surface area contributed by atoms with Crippen LogP contribution in [0.4, 0.5) is 5.69 Å². The fourth-order valence-corrected chi connectivity index (χ4v) is 3.46. The molecule has 0 atom stereocenters. The molecule has 29 heavy (non-hydrogen) atoms. The van der Waals surface area contributed by atoms with Crippen molar-refractivity contribution in [1.29, 1.82) is 0 Å². The van der Waals surface area contributed by atoms with Crippen LogP contribution in [0.25, 0.3) is 0 Å². The predicted molar refractivity (Wildman–Crippen MR) is 110 cm³/mol. The molecule has 2 aromatic rings. The van der Waals surface area contributed by atoms with Gasteiger partial charge in [0.15, 0.2) is 0 Å². The van der Waals surface area contributed by atoms with Crippen molar-refractivity contribution < 1.29 is 27.5 Å². The van der Waals surface area contributed by atoms with Gasteiger partial charge in [-0.1, -0.05) is 17.7 Å². The number of rotatable bonds is 7. The van der Waals surface area contributed by atoms with Gasteiger partial charge in [-0.05, 0) is 65.0 Å². The highest BCUT2D eigenvalue weighted by Gasteiger charge is 2.20. The Labute approximate surface area is 171 Å². The molecule has 0 aliphatic rings. The van der Waals surface area contributed by atoms with Gasteiger partial charge >= 0.3 is 11.9 Å². The van der Waals surface area contributed by atoms with Crippen LogP contribution < -0.4 is 4.72 Å². The third-order valence-electron chi connectivity index (χ3n) is 3.67. The summed E-state index contributed by atoms with van der Waals surface area (Å²) in [5.74, 6) is -1.34. The van der Waals surface area contributed by atoms with Crippen LogP contribution in [0, 0.1) is 6.92 Å². The van der Waals surface area contributed by atoms with Gasteiger partial charge in [-0.15, -0.1) is 0 Å². The van der Waals surface area contributed by atoms with Crippen molar-refractivity contribution >= 4 is 27.6 Å². The lowest BCUT2D eigenvalue weighted by Gasteiger charge is -2.14. The molecule has 0 spiro atoms. The maximum atomic E-state index is 12.7. The van der Waals surface area contributed by atoms with E-state index in [-0.39, 0.29) is 33.9 Å². The van der Waals surface area contributed by atoms with E-state index in [1.165, 1.54) is 30.3 Å². The highest BCUT2D eigenvalue weighted by molar-refractivity contribution is 7.92. The van der Waals surface area contributed by atoms with Gasteiger partial charge in [0.25, 0.3) is 10.0 Å². The molecule has 7 nitrogen and oxygen atoms in total. The number of hydrogen-bond donors (Lipinski definition) is 1. The van der Waals surface area contributed by atoms with E-state index in [1.54, 1.807) is 39.8 Å². The number of ether oxygens (including phenoxy) is 2. The first-order chi connectivity index (χ1) is 13.5. The summed E-state index contributed by atoms with van der Waals surface area (Å²) in [5.41, 5.74) is 1.05. The van der Waals surface area contributed by atoms with Crippen molar-refractivity contribution in [3.63, 3.8) is 0 Å². The third-order valence-corrected chi connectivity index (χ3v) is 5.07. The lowest BCUT2D eigenvalue weighted by Crippen LogP contribution is -2.17. The van der Waals surface area contributed by atoms with Crippen LogP contribution in [0.3, 0.4) is 0 Å². The van der Waals surface area contributed by atoms with Crippen LogP contribution in [-0.2, 0) is 19.5 Å². The molecule has 0 aromatic heterocycles. The van der Waals surface area contributed by atoms with Gasteiger partial charge in [0.2, 0.25) is 0 Å². The molecule has 0 heterocycles. The first-order valence-corrected chi connectivity index (χ1v) is 10.6. The quantitative estimate of drug-likeness (QED) is 0.683. The van der Waals surface area contributed by atoms with Crippen LogP contribution in [0.15, 0.2) is 47.4 Å². The SMILES string of the molecule is Cc1ccc(S(=O)(=O)Nc2cc(C(=O)OC(C)C)cc(C(=O)OC(C)C)c2)cc1. The highest BCUT2D eigenvalue weighted by Crippen LogP contribution is 2.22. The minimum atomic E-state index is -3.92. The molecule has 156 valence electrons. The zero-order valence-corrected chi connectivity index (χ0v) is 17.9. The molecule has 0 radical (unpaired) electrons. The third kappa shape index (κ3) is 6.32. The van der Waals surface area contributed by atoms with E-state index in [0.29, 0.717) is 0 Å². The van der Waals surface area contributed by atoms with Gasteiger partial charge in [0, 0.05) is 0 Å². The molecule has 0 saturated heterocycles. The Morgan fingerprint density at radius 2 is 1.28 bits per heavy atom. The lowest BCUT2D eigenvalue weighted by molar-refractivity contribution is 0.0377. The summed E-state index contributed by atoms with van der Waals surface area (Å²) in [6.45, 7) is 8.61. The molecule has 0 aliphatic heterocycles. The minimum Gasteiger partial charge on any atom is -0.459 e. The summed E-state index contributed by atoms with van der Waals surface area (Å²) in [6.07, 6.45) is -0.747. The summed E-state index contributed by atoms with van der Waals surface area (Å²) < 4.78 is 38.1. The number of aryl methyl sites for hydroxylation is 1. The number of anilines is 1. The van der Waals surface area contributed by atoms with Gasteiger partial charge < -0.3 is 9.47 Å². The monoisotopic (exact) mass is 419 g/mol. The Morgan fingerprint density at radius 1 is 0.828 bits per heavy atom. The standard InChI is InChI=1S/C21H25NO6S/c1-13(2)27-20(23)16-10-17(21(24)28-14(3)4)12-18(11-16)22-29(25,26)19-8-6-15(5)7-9-19/h6-14,22H,1-5H3. The molecule has 8 heteroatoms. The Balaban J connectivity index is 2.44. The molecular weight excluding hydrogens is 394 g/mol. The summed E-state index contributed by atoms with van der Waals surface area (Å²) in [4.78, 5) is 24.7. The van der Waals surface area contributed by atoms with E-state index >= 15 is 0 Å². The number of nitrogens with one attached hydrogen (secondary N) is 1. The van der Waals surface area contributed by atoms with E-state index in [1.807, 2.05) is 6.92 Å². The van der Waals surface area contributed by atoms with E-state index in [9.17, 15) is 18.0 Å². The van der Waals surface area contributed by atoms with E-state index < -0.39 is 22.0 Å². The molecule has 0 aliphatic carbocycles. The molecule has 1 N–H and O–H groups in total. The van der Waals surface area contributed by atoms with Crippen molar-refractivity contribution in [2.24, 2.45) is 0 Å². The predicted octanol–water partition coefficient (Wildman–Crippen LogP) is 3.93. The summed E-state index contributed by atoms with van der Waals surface area (Å²) >= 11 is 0. The van der Waals surface area contributed by atoms with E-state index in [4.69, 9.17) is 9.47 Å². The Hall–Kier alpha value is -2.87. The van der Waals surface area contributed by atoms with Crippen molar-refractivity contribution in [3.05, 3.63) is 59.2 Å². The fourth-order valence-electron chi connectivity index (χ4n) is 2.42.